The van der Waals surface area contributed by atoms with Gasteiger partial charge in [0.25, 0.3) is 17.5 Å². The summed E-state index contributed by atoms with van der Waals surface area (Å²) < 4.78 is 0. The fraction of sp³-hybridized carbons (Fsp3) is 0.412. The number of rotatable bonds is 4. The molecule has 1 saturated heterocycles. The lowest BCUT2D eigenvalue weighted by atomic mass is 10.1. The number of fused-ring (bicyclic) bond motifs is 1. The molecule has 27 heavy (non-hydrogen) atoms. The molecule has 0 unspecified atom stereocenters. The van der Waals surface area contributed by atoms with E-state index in [0.29, 0.717) is 25.9 Å². The van der Waals surface area contributed by atoms with Crippen molar-refractivity contribution >= 4 is 29.3 Å². The molecular weight excluding hydrogens is 356 g/mol. The summed E-state index contributed by atoms with van der Waals surface area (Å²) in [6.07, 6.45) is 1.19. The zero-order valence-corrected chi connectivity index (χ0v) is 14.6. The Labute approximate surface area is 154 Å². The SMILES string of the molecule is CC(=O)N1CCC(NC(=O)CN2C(=O)c3ccc([N+](=O)[O-])cc3C2=O)CC1. The molecule has 1 aromatic carbocycles. The quantitative estimate of drug-likeness (QED) is 0.459. The molecule has 2 aliphatic heterocycles. The minimum atomic E-state index is -0.722. The summed E-state index contributed by atoms with van der Waals surface area (Å²) in [7, 11) is 0. The van der Waals surface area contributed by atoms with Crippen LogP contribution in [0.4, 0.5) is 5.69 Å². The van der Waals surface area contributed by atoms with Crippen LogP contribution in [0.15, 0.2) is 18.2 Å². The van der Waals surface area contributed by atoms with E-state index in [4.69, 9.17) is 0 Å². The van der Waals surface area contributed by atoms with Crippen molar-refractivity contribution in [3.05, 3.63) is 39.4 Å². The molecule has 142 valence electrons. The van der Waals surface area contributed by atoms with Crippen LogP contribution in [0.1, 0.15) is 40.5 Å². The normalized spacial score (nSPS) is 17.1. The van der Waals surface area contributed by atoms with Crippen LogP contribution in [0.3, 0.4) is 0 Å². The van der Waals surface area contributed by atoms with Gasteiger partial charge >= 0.3 is 0 Å². The van der Waals surface area contributed by atoms with Gasteiger partial charge in [-0.25, -0.2) is 0 Å². The van der Waals surface area contributed by atoms with Gasteiger partial charge < -0.3 is 10.2 Å². The summed E-state index contributed by atoms with van der Waals surface area (Å²) >= 11 is 0. The van der Waals surface area contributed by atoms with Gasteiger partial charge in [-0.1, -0.05) is 0 Å². The summed E-state index contributed by atoms with van der Waals surface area (Å²) in [6, 6.07) is 3.29. The number of hydrogen-bond acceptors (Lipinski definition) is 6. The smallest absolute Gasteiger partial charge is 0.270 e. The first-order valence-corrected chi connectivity index (χ1v) is 8.47. The molecule has 0 bridgehead atoms. The minimum absolute atomic E-state index is 0.0140. The molecule has 0 aliphatic carbocycles. The largest absolute Gasteiger partial charge is 0.352 e. The molecule has 0 aromatic heterocycles. The Morgan fingerprint density at radius 3 is 2.41 bits per heavy atom. The molecule has 1 N–H and O–H groups in total. The predicted molar refractivity (Wildman–Crippen MR) is 91.9 cm³/mol. The molecule has 0 spiro atoms. The lowest BCUT2D eigenvalue weighted by Crippen LogP contribution is -2.49. The van der Waals surface area contributed by atoms with Crippen molar-refractivity contribution in [3.8, 4) is 0 Å². The molecule has 10 nitrogen and oxygen atoms in total. The topological polar surface area (TPSA) is 130 Å². The number of nitrogens with zero attached hydrogens (tertiary/aromatic N) is 3. The van der Waals surface area contributed by atoms with Crippen molar-refractivity contribution in [2.45, 2.75) is 25.8 Å². The molecule has 0 atom stereocenters. The third kappa shape index (κ3) is 3.64. The predicted octanol–water partition coefficient (Wildman–Crippen LogP) is 0.318. The minimum Gasteiger partial charge on any atom is -0.352 e. The van der Waals surface area contributed by atoms with E-state index in [1.807, 2.05) is 0 Å². The summed E-state index contributed by atoms with van der Waals surface area (Å²) in [5.41, 5.74) is -0.316. The van der Waals surface area contributed by atoms with Gasteiger partial charge in [0.15, 0.2) is 0 Å². The van der Waals surface area contributed by atoms with Gasteiger partial charge in [-0.3, -0.25) is 34.2 Å². The Bertz CT molecular complexity index is 844. The first-order chi connectivity index (χ1) is 12.8. The van der Waals surface area contributed by atoms with E-state index < -0.39 is 29.2 Å². The molecule has 0 radical (unpaired) electrons. The van der Waals surface area contributed by atoms with Crippen LogP contribution >= 0.6 is 0 Å². The average molecular weight is 374 g/mol. The lowest BCUT2D eigenvalue weighted by Gasteiger charge is -2.31. The Hall–Kier alpha value is -3.30. The van der Waals surface area contributed by atoms with E-state index in [2.05, 4.69) is 5.32 Å². The van der Waals surface area contributed by atoms with Crippen LogP contribution in [-0.4, -0.2) is 64.0 Å². The van der Waals surface area contributed by atoms with Crippen molar-refractivity contribution in [3.63, 3.8) is 0 Å². The number of carbonyl (C=O) groups excluding carboxylic acids is 4. The molecule has 1 aromatic rings. The van der Waals surface area contributed by atoms with Gasteiger partial charge in [-0.15, -0.1) is 0 Å². The van der Waals surface area contributed by atoms with Crippen molar-refractivity contribution in [2.24, 2.45) is 0 Å². The molecule has 10 heteroatoms. The second-order valence-electron chi connectivity index (χ2n) is 6.53. The van der Waals surface area contributed by atoms with Crippen LogP contribution in [-0.2, 0) is 9.59 Å². The number of carbonyl (C=O) groups is 4. The number of nitro benzene ring substituents is 1. The Morgan fingerprint density at radius 1 is 1.19 bits per heavy atom. The third-order valence-corrected chi connectivity index (χ3v) is 4.77. The second kappa shape index (κ2) is 7.14. The Kier molecular flexibility index (Phi) is 4.89. The Balaban J connectivity index is 1.62. The zero-order chi connectivity index (χ0) is 19.7. The average Bonchev–Trinajstić information content (AvgIpc) is 2.86. The number of benzene rings is 1. The molecular formula is C17H18N4O6. The molecule has 2 aliphatic rings. The summed E-state index contributed by atoms with van der Waals surface area (Å²) in [4.78, 5) is 61.0. The highest BCUT2D eigenvalue weighted by Crippen LogP contribution is 2.26. The molecule has 0 saturated carbocycles. The maximum Gasteiger partial charge on any atom is 0.270 e. The van der Waals surface area contributed by atoms with E-state index in [1.54, 1.807) is 4.90 Å². The number of nitro groups is 1. The second-order valence-corrected chi connectivity index (χ2v) is 6.53. The number of amides is 4. The van der Waals surface area contributed by atoms with E-state index in [1.165, 1.54) is 13.0 Å². The van der Waals surface area contributed by atoms with Crippen molar-refractivity contribution in [1.29, 1.82) is 0 Å². The fourth-order valence-corrected chi connectivity index (χ4v) is 3.29. The van der Waals surface area contributed by atoms with Crippen LogP contribution in [0.5, 0.6) is 0 Å². The van der Waals surface area contributed by atoms with Crippen LogP contribution in [0.25, 0.3) is 0 Å². The first kappa shape index (κ1) is 18.5. The van der Waals surface area contributed by atoms with Gasteiger partial charge in [-0.05, 0) is 18.9 Å². The highest BCUT2D eigenvalue weighted by Gasteiger charge is 2.38. The summed E-state index contributed by atoms with van der Waals surface area (Å²) in [6.45, 7) is 2.12. The van der Waals surface area contributed by atoms with Crippen molar-refractivity contribution < 1.29 is 24.1 Å². The fourth-order valence-electron chi connectivity index (χ4n) is 3.29. The molecule has 2 heterocycles. The number of non-ortho nitro benzene ring substituents is 1. The van der Waals surface area contributed by atoms with Crippen molar-refractivity contribution in [2.75, 3.05) is 19.6 Å². The van der Waals surface area contributed by atoms with E-state index >= 15 is 0 Å². The highest BCUT2D eigenvalue weighted by molar-refractivity contribution is 6.22. The maximum atomic E-state index is 12.4. The van der Waals surface area contributed by atoms with Gasteiger partial charge in [0, 0.05) is 38.2 Å². The van der Waals surface area contributed by atoms with E-state index in [9.17, 15) is 29.3 Å². The monoisotopic (exact) mass is 374 g/mol. The van der Waals surface area contributed by atoms with Gasteiger partial charge in [0.2, 0.25) is 11.8 Å². The number of likely N-dealkylation sites (tertiary alicyclic amines) is 1. The lowest BCUT2D eigenvalue weighted by molar-refractivity contribution is -0.384. The number of hydrogen-bond donors (Lipinski definition) is 1. The number of nitrogens with one attached hydrogen (secondary N) is 1. The standard InChI is InChI=1S/C17H18N4O6/c1-10(22)19-6-4-11(5-7-19)18-15(23)9-20-16(24)13-3-2-12(21(26)27)8-14(13)17(20)25/h2-3,8,11H,4-7,9H2,1H3,(H,18,23). The highest BCUT2D eigenvalue weighted by atomic mass is 16.6. The van der Waals surface area contributed by atoms with Gasteiger partial charge in [0.05, 0.1) is 16.1 Å². The van der Waals surface area contributed by atoms with Gasteiger partial charge in [0.1, 0.15) is 6.54 Å². The molecule has 1 fully saturated rings. The first-order valence-electron chi connectivity index (χ1n) is 8.47. The van der Waals surface area contributed by atoms with Crippen LogP contribution in [0, 0.1) is 10.1 Å². The summed E-state index contributed by atoms with van der Waals surface area (Å²) in [5.74, 6) is -1.87. The zero-order valence-electron chi connectivity index (χ0n) is 14.6. The maximum absolute atomic E-state index is 12.4. The van der Waals surface area contributed by atoms with E-state index in [-0.39, 0.29) is 28.8 Å². The van der Waals surface area contributed by atoms with E-state index in [0.717, 1.165) is 17.0 Å². The van der Waals surface area contributed by atoms with Crippen LogP contribution < -0.4 is 5.32 Å². The van der Waals surface area contributed by atoms with Crippen LogP contribution in [0.2, 0.25) is 0 Å². The summed E-state index contributed by atoms with van der Waals surface area (Å²) in [5, 5.41) is 13.6. The van der Waals surface area contributed by atoms with Gasteiger partial charge in [-0.2, -0.15) is 0 Å². The number of imide groups is 1. The third-order valence-electron chi connectivity index (χ3n) is 4.77. The van der Waals surface area contributed by atoms with Crippen molar-refractivity contribution in [1.82, 2.24) is 15.1 Å². The number of piperidine rings is 1. The molecule has 3 rings (SSSR count). The Morgan fingerprint density at radius 2 is 1.81 bits per heavy atom. The molecule has 4 amide bonds.